The SMILES string of the molecule is C=CC(=O)OCCCCCCOc1ccc(OC(=O)c2ccc(OCCCCCCc3ccc4c(c3)C(=O)c3c(N)cc(C(=O)O)c(N)c3C4=O)cc2)cc1. The van der Waals surface area contributed by atoms with Crippen molar-refractivity contribution < 1.29 is 48.0 Å². The molecule has 0 radical (unpaired) electrons. The van der Waals surface area contributed by atoms with Gasteiger partial charge in [-0.15, -0.1) is 0 Å². The summed E-state index contributed by atoms with van der Waals surface area (Å²) in [5.74, 6) is -1.46. The van der Waals surface area contributed by atoms with Crippen LogP contribution in [0.3, 0.4) is 0 Å². The summed E-state index contributed by atoms with van der Waals surface area (Å²) in [5, 5.41) is 9.43. The van der Waals surface area contributed by atoms with Crippen LogP contribution in [0.15, 0.2) is 85.5 Å². The number of rotatable bonds is 20. The average molecular weight is 749 g/mol. The summed E-state index contributed by atoms with van der Waals surface area (Å²) in [6.07, 6.45) is 8.93. The molecular formula is C43H44N2O10. The molecule has 0 unspecified atom stereocenters. The summed E-state index contributed by atoms with van der Waals surface area (Å²) in [5.41, 5.74) is 12.8. The second-order valence-electron chi connectivity index (χ2n) is 13.1. The molecule has 0 heterocycles. The summed E-state index contributed by atoms with van der Waals surface area (Å²) < 4.78 is 22.1. The smallest absolute Gasteiger partial charge is 0.343 e. The van der Waals surface area contributed by atoms with Crippen molar-refractivity contribution in [3.8, 4) is 17.2 Å². The van der Waals surface area contributed by atoms with Crippen molar-refractivity contribution in [2.45, 2.75) is 57.8 Å². The zero-order valence-corrected chi connectivity index (χ0v) is 30.5. The maximum Gasteiger partial charge on any atom is 0.343 e. The zero-order chi connectivity index (χ0) is 39.3. The van der Waals surface area contributed by atoms with Crippen molar-refractivity contribution in [2.24, 2.45) is 0 Å². The van der Waals surface area contributed by atoms with Gasteiger partial charge in [0.2, 0.25) is 0 Å². The van der Waals surface area contributed by atoms with E-state index in [1.165, 1.54) is 0 Å². The van der Waals surface area contributed by atoms with E-state index in [1.807, 2.05) is 0 Å². The molecule has 5 rings (SSSR count). The average Bonchev–Trinajstić information content (AvgIpc) is 3.18. The number of ketones is 2. The van der Waals surface area contributed by atoms with Gasteiger partial charge in [0.05, 0.1) is 47.8 Å². The molecule has 55 heavy (non-hydrogen) atoms. The van der Waals surface area contributed by atoms with Crippen LogP contribution < -0.4 is 25.7 Å². The third kappa shape index (κ3) is 10.4. The number of fused-ring (bicyclic) bond motifs is 2. The Bertz CT molecular complexity index is 2060. The van der Waals surface area contributed by atoms with Crippen LogP contribution in [-0.4, -0.2) is 54.4 Å². The fourth-order valence-corrected chi connectivity index (χ4v) is 6.19. The number of nitrogens with two attached hydrogens (primary N) is 2. The quantitative estimate of drug-likeness (QED) is 0.0235. The summed E-state index contributed by atoms with van der Waals surface area (Å²) in [6.45, 7) is 4.81. The van der Waals surface area contributed by atoms with E-state index in [2.05, 4.69) is 6.58 Å². The minimum absolute atomic E-state index is 0.0528. The number of unbranched alkanes of at least 4 members (excludes halogenated alkanes) is 6. The van der Waals surface area contributed by atoms with Crippen LogP contribution in [-0.2, 0) is 16.0 Å². The lowest BCUT2D eigenvalue weighted by Crippen LogP contribution is -2.25. The van der Waals surface area contributed by atoms with Gasteiger partial charge in [-0.3, -0.25) is 9.59 Å². The van der Waals surface area contributed by atoms with Crippen molar-refractivity contribution in [2.75, 3.05) is 31.3 Å². The summed E-state index contributed by atoms with van der Waals surface area (Å²) in [6, 6.07) is 19.9. The number of carbonyl (C=O) groups is 5. The topological polar surface area (TPSA) is 195 Å². The molecule has 0 saturated carbocycles. The number of benzene rings is 4. The molecule has 5 N–H and O–H groups in total. The Morgan fingerprint density at radius 1 is 0.655 bits per heavy atom. The number of hydrogen-bond acceptors (Lipinski definition) is 11. The molecule has 12 nitrogen and oxygen atoms in total. The van der Waals surface area contributed by atoms with E-state index in [0.717, 1.165) is 69.1 Å². The first-order valence-corrected chi connectivity index (χ1v) is 18.2. The van der Waals surface area contributed by atoms with Gasteiger partial charge in [-0.05, 0) is 111 Å². The number of nitrogen functional groups attached to an aromatic ring is 2. The largest absolute Gasteiger partial charge is 0.494 e. The molecule has 0 atom stereocenters. The molecular weight excluding hydrogens is 704 g/mol. The molecule has 286 valence electrons. The van der Waals surface area contributed by atoms with Crippen LogP contribution in [0.5, 0.6) is 17.2 Å². The first kappa shape index (κ1) is 39.8. The van der Waals surface area contributed by atoms with Crippen LogP contribution in [0.1, 0.15) is 109 Å². The Morgan fingerprint density at radius 2 is 1.22 bits per heavy atom. The van der Waals surface area contributed by atoms with Gasteiger partial charge < -0.3 is 35.5 Å². The molecule has 4 aromatic carbocycles. The van der Waals surface area contributed by atoms with Crippen molar-refractivity contribution in [3.63, 3.8) is 0 Å². The number of ether oxygens (including phenoxy) is 4. The van der Waals surface area contributed by atoms with Crippen molar-refractivity contribution >= 4 is 40.8 Å². The minimum atomic E-state index is -1.33. The molecule has 4 aromatic rings. The number of anilines is 2. The minimum Gasteiger partial charge on any atom is -0.494 e. The zero-order valence-electron chi connectivity index (χ0n) is 30.5. The molecule has 1 aliphatic rings. The maximum absolute atomic E-state index is 13.4. The Balaban J connectivity index is 0.972. The lowest BCUT2D eigenvalue weighted by molar-refractivity contribution is -0.137. The predicted octanol–water partition coefficient (Wildman–Crippen LogP) is 7.39. The monoisotopic (exact) mass is 748 g/mol. The number of hydrogen-bond donors (Lipinski definition) is 3. The van der Waals surface area contributed by atoms with E-state index in [-0.39, 0.29) is 39.2 Å². The molecule has 0 bridgehead atoms. The highest BCUT2D eigenvalue weighted by atomic mass is 16.5. The molecule has 0 spiro atoms. The number of aromatic carboxylic acids is 1. The van der Waals surface area contributed by atoms with Crippen LogP contribution in [0.4, 0.5) is 11.4 Å². The van der Waals surface area contributed by atoms with Crippen LogP contribution in [0, 0.1) is 0 Å². The first-order valence-electron chi connectivity index (χ1n) is 18.2. The lowest BCUT2D eigenvalue weighted by Gasteiger charge is -2.22. The Hall–Kier alpha value is -6.43. The van der Waals surface area contributed by atoms with Crippen molar-refractivity contribution in [3.05, 3.63) is 124 Å². The second kappa shape index (κ2) is 19.1. The van der Waals surface area contributed by atoms with Gasteiger partial charge in [0.25, 0.3) is 0 Å². The van der Waals surface area contributed by atoms with E-state index >= 15 is 0 Å². The number of carboxylic acid groups (broad SMARTS) is 1. The first-order chi connectivity index (χ1) is 26.6. The third-order valence-electron chi connectivity index (χ3n) is 9.13. The van der Waals surface area contributed by atoms with Crippen LogP contribution in [0.25, 0.3) is 0 Å². The number of carbonyl (C=O) groups excluding carboxylic acids is 4. The van der Waals surface area contributed by atoms with Gasteiger partial charge in [-0.1, -0.05) is 31.6 Å². The Morgan fingerprint density at radius 3 is 1.84 bits per heavy atom. The third-order valence-corrected chi connectivity index (χ3v) is 9.13. The van der Waals surface area contributed by atoms with Gasteiger partial charge in [0.1, 0.15) is 17.2 Å². The van der Waals surface area contributed by atoms with Crippen LogP contribution in [0.2, 0.25) is 0 Å². The molecule has 0 saturated heterocycles. The number of aryl methyl sites for hydroxylation is 1. The fraction of sp³-hybridized carbons (Fsp3) is 0.279. The standard InChI is InChI=1S/C43H44N2O10/c1-2-36(46)54-24-10-6-5-9-23-53-30-17-19-31(20-18-30)55-43(51)28-13-15-29(16-14-28)52-22-8-4-3-7-11-27-12-21-32-33(25-27)41(48)37-35(44)26-34(42(49)50)39(45)38(37)40(32)47/h2,12-21,25-26H,1,3-11,22-24,44-45H2,(H,49,50). The van der Waals surface area contributed by atoms with Gasteiger partial charge in [-0.2, -0.15) is 0 Å². The summed E-state index contributed by atoms with van der Waals surface area (Å²) in [7, 11) is 0. The van der Waals surface area contributed by atoms with Crippen molar-refractivity contribution in [1.29, 1.82) is 0 Å². The van der Waals surface area contributed by atoms with Gasteiger partial charge >= 0.3 is 17.9 Å². The van der Waals surface area contributed by atoms with Gasteiger partial charge in [0, 0.05) is 22.9 Å². The number of esters is 2. The molecule has 0 fully saturated rings. The highest BCUT2D eigenvalue weighted by Crippen LogP contribution is 2.37. The fourth-order valence-electron chi connectivity index (χ4n) is 6.19. The highest BCUT2D eigenvalue weighted by molar-refractivity contribution is 6.32. The Labute approximate surface area is 319 Å². The maximum atomic E-state index is 13.4. The molecule has 0 aromatic heterocycles. The van der Waals surface area contributed by atoms with E-state index in [9.17, 15) is 29.1 Å². The van der Waals surface area contributed by atoms with E-state index in [0.29, 0.717) is 49.1 Å². The van der Waals surface area contributed by atoms with Gasteiger partial charge in [0.15, 0.2) is 11.6 Å². The molecule has 12 heteroatoms. The molecule has 0 aliphatic heterocycles. The lowest BCUT2D eigenvalue weighted by atomic mass is 9.80. The van der Waals surface area contributed by atoms with Crippen molar-refractivity contribution in [1.82, 2.24) is 0 Å². The summed E-state index contributed by atoms with van der Waals surface area (Å²) >= 11 is 0. The normalized spacial score (nSPS) is 11.6. The van der Waals surface area contributed by atoms with E-state index in [1.54, 1.807) is 66.7 Å². The second-order valence-corrected chi connectivity index (χ2v) is 13.1. The van der Waals surface area contributed by atoms with Crippen LogP contribution >= 0.6 is 0 Å². The number of carboxylic acids is 1. The molecule has 0 amide bonds. The Kier molecular flexibility index (Phi) is 13.8. The van der Waals surface area contributed by atoms with Gasteiger partial charge in [-0.25, -0.2) is 14.4 Å². The summed E-state index contributed by atoms with van der Waals surface area (Å²) in [4.78, 5) is 61.9. The highest BCUT2D eigenvalue weighted by Gasteiger charge is 2.35. The predicted molar refractivity (Wildman–Crippen MR) is 206 cm³/mol. The van der Waals surface area contributed by atoms with E-state index < -0.39 is 29.5 Å². The molecule has 1 aliphatic carbocycles. The van der Waals surface area contributed by atoms with E-state index in [4.69, 9.17) is 30.4 Å².